The smallest absolute Gasteiger partial charge is 0.260 e. The van der Waals surface area contributed by atoms with Crippen molar-refractivity contribution in [1.29, 1.82) is 0 Å². The van der Waals surface area contributed by atoms with Crippen LogP contribution in [0.5, 0.6) is 5.75 Å². The molecule has 156 valence electrons. The van der Waals surface area contributed by atoms with Crippen molar-refractivity contribution in [2.45, 2.75) is 28.9 Å². The predicted octanol–water partition coefficient (Wildman–Crippen LogP) is 2.24. The number of hydrogen-bond donors (Lipinski definition) is 0. The maximum atomic E-state index is 13.2. The molecule has 1 amide bonds. The summed E-state index contributed by atoms with van der Waals surface area (Å²) in [7, 11) is -7.75. The van der Waals surface area contributed by atoms with Crippen LogP contribution in [0.3, 0.4) is 0 Å². The van der Waals surface area contributed by atoms with E-state index in [1.54, 1.807) is 23.1 Å². The molecular weight excluding hydrogens is 414 g/mol. The van der Waals surface area contributed by atoms with E-state index < -0.39 is 30.7 Å². The first kappa shape index (κ1) is 21.3. The van der Waals surface area contributed by atoms with Gasteiger partial charge in [-0.25, -0.2) is 16.8 Å². The Kier molecular flexibility index (Phi) is 6.00. The maximum Gasteiger partial charge on any atom is 0.260 e. The average molecular weight is 438 g/mol. The molecule has 0 spiro atoms. The molecule has 1 unspecified atom stereocenters. The number of carbonyl (C=O) groups is 1. The van der Waals surface area contributed by atoms with Crippen molar-refractivity contribution in [3.63, 3.8) is 0 Å². The molecule has 0 radical (unpaired) electrons. The molecule has 0 fully saturated rings. The van der Waals surface area contributed by atoms with Crippen LogP contribution < -0.4 is 4.74 Å². The Bertz CT molecular complexity index is 1110. The van der Waals surface area contributed by atoms with Crippen LogP contribution in [0.1, 0.15) is 24.7 Å². The molecular formula is C20H23NO6S2. The predicted molar refractivity (Wildman–Crippen MR) is 108 cm³/mol. The lowest BCUT2D eigenvalue weighted by atomic mass is 10.1. The van der Waals surface area contributed by atoms with E-state index in [1.165, 1.54) is 30.3 Å². The number of carbonyl (C=O) groups excluding carboxylic acids is 1. The van der Waals surface area contributed by atoms with Gasteiger partial charge in [-0.2, -0.15) is 0 Å². The van der Waals surface area contributed by atoms with E-state index in [0.29, 0.717) is 13.1 Å². The fourth-order valence-electron chi connectivity index (χ4n) is 3.44. The Morgan fingerprint density at radius 2 is 1.72 bits per heavy atom. The van der Waals surface area contributed by atoms with E-state index in [0.717, 1.165) is 0 Å². The van der Waals surface area contributed by atoms with Crippen LogP contribution in [0.4, 0.5) is 0 Å². The molecule has 2 aromatic carbocycles. The molecule has 1 atom stereocenters. The lowest BCUT2D eigenvalue weighted by molar-refractivity contribution is -0.132. The van der Waals surface area contributed by atoms with Crippen molar-refractivity contribution in [3.05, 3.63) is 54.1 Å². The second-order valence-electron chi connectivity index (χ2n) is 6.65. The molecule has 1 aliphatic rings. The molecule has 7 nitrogen and oxygen atoms in total. The Morgan fingerprint density at radius 1 is 1.07 bits per heavy atom. The average Bonchev–Trinajstić information content (AvgIpc) is 3.00. The van der Waals surface area contributed by atoms with Gasteiger partial charge in [-0.05, 0) is 38.1 Å². The first-order valence-electron chi connectivity index (χ1n) is 9.27. The highest BCUT2D eigenvalue weighted by Crippen LogP contribution is 2.45. The van der Waals surface area contributed by atoms with Gasteiger partial charge in [0, 0.05) is 18.7 Å². The number of ether oxygens (including phenoxy) is 1. The minimum Gasteiger partial charge on any atom is -0.483 e. The zero-order valence-corrected chi connectivity index (χ0v) is 17.9. The van der Waals surface area contributed by atoms with Gasteiger partial charge in [-0.1, -0.05) is 24.3 Å². The van der Waals surface area contributed by atoms with Crippen molar-refractivity contribution in [2.75, 3.05) is 25.4 Å². The number of nitrogens with zero attached hydrogens (tertiary/aromatic N) is 1. The number of fused-ring (bicyclic) bond motifs is 1. The molecule has 0 bridgehead atoms. The van der Waals surface area contributed by atoms with Crippen LogP contribution in [0.2, 0.25) is 0 Å². The number of hydrogen-bond acceptors (Lipinski definition) is 6. The molecule has 0 aliphatic carbocycles. The van der Waals surface area contributed by atoms with Gasteiger partial charge >= 0.3 is 0 Å². The zero-order valence-electron chi connectivity index (χ0n) is 16.2. The Hall–Kier alpha value is -2.39. The highest BCUT2D eigenvalue weighted by atomic mass is 32.2. The number of rotatable bonds is 7. The van der Waals surface area contributed by atoms with Crippen LogP contribution in [0.15, 0.2) is 58.3 Å². The van der Waals surface area contributed by atoms with E-state index in [2.05, 4.69) is 0 Å². The summed E-state index contributed by atoms with van der Waals surface area (Å²) in [5, 5.41) is -1.29. The molecule has 1 aliphatic heterocycles. The van der Waals surface area contributed by atoms with E-state index in [1.807, 2.05) is 13.8 Å². The van der Waals surface area contributed by atoms with Crippen molar-refractivity contribution in [3.8, 4) is 5.75 Å². The van der Waals surface area contributed by atoms with Gasteiger partial charge in [0.2, 0.25) is 0 Å². The molecule has 9 heteroatoms. The third-order valence-corrected chi connectivity index (χ3v) is 9.06. The fraction of sp³-hybridized carbons (Fsp3) is 0.350. The van der Waals surface area contributed by atoms with Gasteiger partial charge in [-0.3, -0.25) is 4.79 Å². The summed E-state index contributed by atoms with van der Waals surface area (Å²) < 4.78 is 57.3. The molecule has 0 N–H and O–H groups in total. The Morgan fingerprint density at radius 3 is 2.34 bits per heavy atom. The highest BCUT2D eigenvalue weighted by Gasteiger charge is 2.45. The summed E-state index contributed by atoms with van der Waals surface area (Å²) in [5.74, 6) is -0.700. The third kappa shape index (κ3) is 4.02. The highest BCUT2D eigenvalue weighted by molar-refractivity contribution is 7.96. The van der Waals surface area contributed by atoms with Crippen LogP contribution >= 0.6 is 0 Å². The largest absolute Gasteiger partial charge is 0.483 e. The lowest BCUT2D eigenvalue weighted by Crippen LogP contribution is -2.34. The Balaban J connectivity index is 2.02. The normalized spacial score (nSPS) is 17.5. The SMILES string of the molecule is CCN(CC)C(=O)COc1cccc2c1C(S(=O)(=O)c1ccccc1)CS2(=O)=O. The molecule has 29 heavy (non-hydrogen) atoms. The van der Waals surface area contributed by atoms with Crippen molar-refractivity contribution in [2.24, 2.45) is 0 Å². The molecule has 2 aromatic rings. The standard InChI is InChI=1S/C20H23NO6S2/c1-3-21(4-2)19(22)13-27-16-11-8-12-17-20(16)18(14-28(17,23)24)29(25,26)15-9-6-5-7-10-15/h5-12,18H,3-4,13-14H2,1-2H3. The van der Waals surface area contributed by atoms with Crippen LogP contribution in [-0.4, -0.2) is 53.1 Å². The van der Waals surface area contributed by atoms with Crippen molar-refractivity contribution >= 4 is 25.6 Å². The van der Waals surface area contributed by atoms with E-state index >= 15 is 0 Å². The number of benzene rings is 2. The topological polar surface area (TPSA) is 97.8 Å². The van der Waals surface area contributed by atoms with Crippen LogP contribution in [0.25, 0.3) is 0 Å². The number of amides is 1. The van der Waals surface area contributed by atoms with Crippen molar-refractivity contribution < 1.29 is 26.4 Å². The van der Waals surface area contributed by atoms with E-state index in [4.69, 9.17) is 4.74 Å². The van der Waals surface area contributed by atoms with E-state index in [9.17, 15) is 21.6 Å². The van der Waals surface area contributed by atoms with Gasteiger partial charge in [0.15, 0.2) is 26.3 Å². The molecule has 0 saturated carbocycles. The summed E-state index contributed by atoms with van der Waals surface area (Å²) in [4.78, 5) is 13.8. The summed E-state index contributed by atoms with van der Waals surface area (Å²) in [5.41, 5.74) is 0.101. The minimum absolute atomic E-state index is 0.0436. The van der Waals surface area contributed by atoms with Crippen LogP contribution in [0, 0.1) is 0 Å². The second-order valence-corrected chi connectivity index (χ2v) is 10.8. The van der Waals surface area contributed by atoms with Gasteiger partial charge in [-0.15, -0.1) is 0 Å². The summed E-state index contributed by atoms with van der Waals surface area (Å²) >= 11 is 0. The zero-order chi connectivity index (χ0) is 21.2. The van der Waals surface area contributed by atoms with Gasteiger partial charge < -0.3 is 9.64 Å². The van der Waals surface area contributed by atoms with Crippen LogP contribution in [-0.2, 0) is 24.5 Å². The summed E-state index contributed by atoms with van der Waals surface area (Å²) in [6.07, 6.45) is 0. The van der Waals surface area contributed by atoms with Gasteiger partial charge in [0.1, 0.15) is 11.0 Å². The first-order chi connectivity index (χ1) is 13.7. The molecule has 0 saturated heterocycles. The third-order valence-electron chi connectivity index (χ3n) is 4.97. The minimum atomic E-state index is -3.96. The van der Waals surface area contributed by atoms with Gasteiger partial charge in [0.25, 0.3) is 5.91 Å². The quantitative estimate of drug-likeness (QED) is 0.659. The van der Waals surface area contributed by atoms with E-state index in [-0.39, 0.29) is 33.6 Å². The monoisotopic (exact) mass is 437 g/mol. The molecule has 1 heterocycles. The Labute approximate surface area is 171 Å². The fourth-order valence-corrected chi connectivity index (χ4v) is 7.79. The van der Waals surface area contributed by atoms with Gasteiger partial charge in [0.05, 0.1) is 15.5 Å². The lowest BCUT2D eigenvalue weighted by Gasteiger charge is -2.20. The summed E-state index contributed by atoms with van der Waals surface area (Å²) in [6, 6.07) is 12.1. The first-order valence-corrected chi connectivity index (χ1v) is 12.5. The molecule has 0 aromatic heterocycles. The maximum absolute atomic E-state index is 13.2. The number of sulfone groups is 2. The number of likely N-dealkylation sites (N-methyl/N-ethyl adjacent to an activating group) is 1. The molecule has 3 rings (SSSR count). The summed E-state index contributed by atoms with van der Waals surface area (Å²) in [6.45, 7) is 4.43. The van der Waals surface area contributed by atoms with Crippen molar-refractivity contribution in [1.82, 2.24) is 4.90 Å². The second kappa shape index (κ2) is 8.16.